The van der Waals surface area contributed by atoms with E-state index < -0.39 is 23.4 Å². The molecule has 0 aromatic heterocycles. The number of benzene rings is 3. The van der Waals surface area contributed by atoms with Gasteiger partial charge in [0.05, 0.1) is 17.5 Å². The van der Waals surface area contributed by atoms with Crippen LogP contribution in [0.25, 0.3) is 0 Å². The van der Waals surface area contributed by atoms with Crippen molar-refractivity contribution in [2.24, 2.45) is 11.8 Å². The summed E-state index contributed by atoms with van der Waals surface area (Å²) in [7, 11) is 0. The van der Waals surface area contributed by atoms with Gasteiger partial charge in [0.25, 0.3) is 0 Å². The summed E-state index contributed by atoms with van der Waals surface area (Å²) in [4.78, 5) is 42.2. The molecule has 0 saturated carbocycles. The van der Waals surface area contributed by atoms with Gasteiger partial charge in [0.2, 0.25) is 17.7 Å². The van der Waals surface area contributed by atoms with Crippen molar-refractivity contribution in [1.29, 1.82) is 0 Å². The highest BCUT2D eigenvalue weighted by molar-refractivity contribution is 6.25. The third-order valence-electron chi connectivity index (χ3n) is 7.03. The molecule has 1 spiro atoms. The number of imide groups is 1. The maximum atomic E-state index is 13.8. The number of nitrogens with zero attached hydrogens (tertiary/aromatic N) is 1. The Labute approximate surface area is 190 Å². The van der Waals surface area contributed by atoms with Gasteiger partial charge in [0, 0.05) is 17.3 Å². The van der Waals surface area contributed by atoms with E-state index >= 15 is 0 Å². The molecular formula is C26H21N3O4. The first-order valence-corrected chi connectivity index (χ1v) is 10.9. The highest BCUT2D eigenvalue weighted by Crippen LogP contribution is 2.53. The van der Waals surface area contributed by atoms with Crippen LogP contribution in [0.3, 0.4) is 0 Å². The van der Waals surface area contributed by atoms with Crippen molar-refractivity contribution in [2.45, 2.75) is 18.0 Å². The molecule has 33 heavy (non-hydrogen) atoms. The van der Waals surface area contributed by atoms with Crippen LogP contribution in [-0.4, -0.2) is 28.9 Å². The maximum absolute atomic E-state index is 13.8. The summed E-state index contributed by atoms with van der Waals surface area (Å²) in [5, 5.41) is 16.0. The van der Waals surface area contributed by atoms with E-state index in [0.717, 1.165) is 5.56 Å². The van der Waals surface area contributed by atoms with Gasteiger partial charge < -0.3 is 10.4 Å². The summed E-state index contributed by atoms with van der Waals surface area (Å²) in [5.74, 6) is -2.41. The van der Waals surface area contributed by atoms with Gasteiger partial charge in [0.1, 0.15) is 11.3 Å². The molecular weight excluding hydrogens is 418 g/mol. The number of anilines is 2. The molecule has 2 saturated heterocycles. The second-order valence-corrected chi connectivity index (χ2v) is 8.78. The molecule has 0 radical (unpaired) electrons. The van der Waals surface area contributed by atoms with E-state index in [1.54, 1.807) is 48.5 Å². The van der Waals surface area contributed by atoms with Crippen LogP contribution < -0.4 is 15.5 Å². The highest BCUT2D eigenvalue weighted by Gasteiger charge is 2.70. The van der Waals surface area contributed by atoms with E-state index in [2.05, 4.69) is 10.6 Å². The number of phenolic OH excluding ortho intramolecular Hbond substituents is 1. The lowest BCUT2D eigenvalue weighted by molar-refractivity contribution is -0.130. The Morgan fingerprint density at radius 3 is 2.30 bits per heavy atom. The van der Waals surface area contributed by atoms with E-state index in [1.165, 1.54) is 4.90 Å². The topological polar surface area (TPSA) is 98.7 Å². The Morgan fingerprint density at radius 2 is 1.55 bits per heavy atom. The zero-order valence-electron chi connectivity index (χ0n) is 17.6. The Balaban J connectivity index is 1.49. The Bertz CT molecular complexity index is 1290. The summed E-state index contributed by atoms with van der Waals surface area (Å²) < 4.78 is 0. The van der Waals surface area contributed by atoms with Crippen LogP contribution in [0.5, 0.6) is 5.75 Å². The van der Waals surface area contributed by atoms with Gasteiger partial charge in [-0.05, 0) is 42.3 Å². The first kappa shape index (κ1) is 19.7. The van der Waals surface area contributed by atoms with Crippen molar-refractivity contribution in [3.63, 3.8) is 0 Å². The van der Waals surface area contributed by atoms with E-state index in [1.807, 2.05) is 30.3 Å². The van der Waals surface area contributed by atoms with Gasteiger partial charge in [-0.2, -0.15) is 0 Å². The molecule has 4 atom stereocenters. The molecule has 7 heteroatoms. The monoisotopic (exact) mass is 439 g/mol. The van der Waals surface area contributed by atoms with Gasteiger partial charge in [-0.15, -0.1) is 0 Å². The van der Waals surface area contributed by atoms with Crippen molar-refractivity contribution < 1.29 is 19.5 Å². The second-order valence-electron chi connectivity index (χ2n) is 8.78. The number of amides is 3. The third-order valence-corrected chi connectivity index (χ3v) is 7.03. The second kappa shape index (κ2) is 7.02. The molecule has 3 aliphatic rings. The number of fused-ring (bicyclic) bond motifs is 4. The van der Waals surface area contributed by atoms with Crippen molar-refractivity contribution in [3.05, 3.63) is 90.0 Å². The van der Waals surface area contributed by atoms with Crippen LogP contribution in [-0.2, 0) is 26.3 Å². The van der Waals surface area contributed by atoms with Crippen molar-refractivity contribution in [2.75, 3.05) is 10.2 Å². The zero-order chi connectivity index (χ0) is 22.7. The number of phenols is 1. The van der Waals surface area contributed by atoms with Gasteiger partial charge in [0.15, 0.2) is 0 Å². The van der Waals surface area contributed by atoms with E-state index in [0.29, 0.717) is 23.4 Å². The lowest BCUT2D eigenvalue weighted by Gasteiger charge is -2.29. The Morgan fingerprint density at radius 1 is 0.848 bits per heavy atom. The molecule has 164 valence electrons. The number of nitrogens with one attached hydrogen (secondary N) is 2. The fourth-order valence-corrected chi connectivity index (χ4v) is 5.65. The van der Waals surface area contributed by atoms with Gasteiger partial charge in [-0.3, -0.25) is 19.7 Å². The smallest absolute Gasteiger partial charge is 0.250 e. The lowest BCUT2D eigenvalue weighted by Crippen LogP contribution is -2.53. The molecule has 6 rings (SSSR count). The minimum absolute atomic E-state index is 0.152. The number of para-hydroxylation sites is 2. The number of hydrogen-bond donors (Lipinski definition) is 3. The predicted octanol–water partition coefficient (Wildman–Crippen LogP) is 2.56. The molecule has 3 aromatic rings. The van der Waals surface area contributed by atoms with Crippen LogP contribution in [0.15, 0.2) is 78.9 Å². The number of hydrogen-bond acceptors (Lipinski definition) is 5. The molecule has 3 amide bonds. The number of carbonyl (C=O) groups excluding carboxylic acids is 3. The summed E-state index contributed by atoms with van der Waals surface area (Å²) in [6.45, 7) is 0. The lowest BCUT2D eigenvalue weighted by atomic mass is 9.76. The van der Waals surface area contributed by atoms with E-state index in [-0.39, 0.29) is 23.5 Å². The largest absolute Gasteiger partial charge is 0.508 e. The fraction of sp³-hybridized carbons (Fsp3) is 0.192. The summed E-state index contributed by atoms with van der Waals surface area (Å²) in [6, 6.07) is 22.5. The normalized spacial score (nSPS) is 27.7. The molecule has 0 bridgehead atoms. The van der Waals surface area contributed by atoms with Gasteiger partial charge in [-0.25, -0.2) is 4.90 Å². The van der Waals surface area contributed by atoms with Gasteiger partial charge in [-0.1, -0.05) is 48.5 Å². The highest BCUT2D eigenvalue weighted by atomic mass is 16.3. The minimum Gasteiger partial charge on any atom is -0.508 e. The predicted molar refractivity (Wildman–Crippen MR) is 121 cm³/mol. The quantitative estimate of drug-likeness (QED) is 0.545. The summed E-state index contributed by atoms with van der Waals surface area (Å²) in [6.07, 6.45) is 0.431. The van der Waals surface area contributed by atoms with E-state index in [4.69, 9.17) is 0 Å². The molecule has 7 nitrogen and oxygen atoms in total. The van der Waals surface area contributed by atoms with Crippen LogP contribution in [0, 0.1) is 11.8 Å². The maximum Gasteiger partial charge on any atom is 0.250 e. The van der Waals surface area contributed by atoms with Crippen molar-refractivity contribution in [1.82, 2.24) is 5.32 Å². The average Bonchev–Trinajstić information content (AvgIpc) is 3.40. The van der Waals surface area contributed by atoms with Crippen LogP contribution >= 0.6 is 0 Å². The third kappa shape index (κ3) is 2.69. The standard InChI is InChI=1S/C26H21N3O4/c30-17-12-10-15(11-13-17)14-20-21-22(24(32)29(23(21)31)16-6-2-1-3-7-16)26(28-20)18-8-4-5-9-19(18)27-25(26)33/h1-13,20-22,28,30H,14H2,(H,27,33)/t20-,21-,22-,26-/m0/s1. The molecule has 0 unspecified atom stereocenters. The molecule has 3 heterocycles. The number of aromatic hydroxyl groups is 1. The molecule has 0 aliphatic carbocycles. The summed E-state index contributed by atoms with van der Waals surface area (Å²) >= 11 is 0. The first-order valence-electron chi connectivity index (χ1n) is 10.9. The molecule has 3 N–H and O–H groups in total. The molecule has 3 aliphatic heterocycles. The Hall–Kier alpha value is -3.97. The SMILES string of the molecule is O=C1[C@H]2[C@H](Cc3ccc(O)cc3)N[C@]3(C(=O)Nc4ccccc43)[C@@H]2C(=O)N1c1ccccc1. The zero-order valence-corrected chi connectivity index (χ0v) is 17.6. The molecule has 2 fully saturated rings. The number of rotatable bonds is 3. The first-order chi connectivity index (χ1) is 16.0. The van der Waals surface area contributed by atoms with E-state index in [9.17, 15) is 19.5 Å². The minimum atomic E-state index is -1.32. The number of carbonyl (C=O) groups is 3. The van der Waals surface area contributed by atoms with Crippen molar-refractivity contribution in [3.8, 4) is 5.75 Å². The van der Waals surface area contributed by atoms with Gasteiger partial charge >= 0.3 is 0 Å². The average molecular weight is 439 g/mol. The molecule has 3 aromatic carbocycles. The van der Waals surface area contributed by atoms with Crippen LogP contribution in [0.1, 0.15) is 11.1 Å². The van der Waals surface area contributed by atoms with Crippen LogP contribution in [0.4, 0.5) is 11.4 Å². The van der Waals surface area contributed by atoms with Crippen LogP contribution in [0.2, 0.25) is 0 Å². The summed E-state index contributed by atoms with van der Waals surface area (Å²) in [5.41, 5.74) is 1.42. The fourth-order valence-electron chi connectivity index (χ4n) is 5.65. The van der Waals surface area contributed by atoms with Crippen molar-refractivity contribution >= 4 is 29.1 Å². The Kier molecular flexibility index (Phi) is 4.19.